The van der Waals surface area contributed by atoms with E-state index in [9.17, 15) is 0 Å². The van der Waals surface area contributed by atoms with Gasteiger partial charge in [0.15, 0.2) is 5.58 Å². The van der Waals surface area contributed by atoms with Gasteiger partial charge in [-0.2, -0.15) is 0 Å². The summed E-state index contributed by atoms with van der Waals surface area (Å²) >= 11 is 0. The zero-order valence-corrected chi connectivity index (χ0v) is 32.0. The fraction of sp³-hybridized carbons (Fsp3) is 0. The van der Waals surface area contributed by atoms with Gasteiger partial charge >= 0.3 is 0 Å². The third-order valence-electron chi connectivity index (χ3n) is 11.7. The van der Waals surface area contributed by atoms with Crippen LogP contribution in [-0.4, -0.2) is 9.55 Å². The molecule has 0 N–H and O–H groups in total. The van der Waals surface area contributed by atoms with E-state index in [4.69, 9.17) is 9.40 Å². The van der Waals surface area contributed by atoms with E-state index in [2.05, 4.69) is 191 Å². The van der Waals surface area contributed by atoms with E-state index >= 15 is 0 Å². The Morgan fingerprint density at radius 1 is 0.407 bits per heavy atom. The molecule has 0 saturated carbocycles. The second kappa shape index (κ2) is 13.3. The molecule has 2 heterocycles. The van der Waals surface area contributed by atoms with Crippen molar-refractivity contribution in [2.75, 3.05) is 4.90 Å². The summed E-state index contributed by atoms with van der Waals surface area (Å²) in [4.78, 5) is 7.40. The van der Waals surface area contributed by atoms with Crippen LogP contribution in [0.25, 0.3) is 93.5 Å². The molecule has 0 aliphatic carbocycles. The maximum absolute atomic E-state index is 6.68. The van der Waals surface area contributed by atoms with Gasteiger partial charge in [-0.1, -0.05) is 146 Å². The molecule has 0 atom stereocenters. The largest absolute Gasteiger partial charge is 0.435 e. The number of anilines is 3. The van der Waals surface area contributed by atoms with Crippen LogP contribution in [0.5, 0.6) is 0 Å². The molecule has 276 valence electrons. The summed E-state index contributed by atoms with van der Waals surface area (Å²) in [5, 5.41) is 9.24. The molecule has 0 aliphatic heterocycles. The van der Waals surface area contributed by atoms with Crippen LogP contribution in [0.3, 0.4) is 0 Å². The predicted octanol–water partition coefficient (Wildman–Crippen LogP) is 15.2. The first-order valence-corrected chi connectivity index (χ1v) is 20.0. The minimum absolute atomic E-state index is 0.624. The topological polar surface area (TPSA) is 34.2 Å². The highest BCUT2D eigenvalue weighted by Crippen LogP contribution is 2.46. The van der Waals surface area contributed by atoms with Gasteiger partial charge in [-0.3, -0.25) is 0 Å². The van der Waals surface area contributed by atoms with Crippen LogP contribution in [0, 0.1) is 0 Å². The second-order valence-electron chi connectivity index (χ2n) is 15.1. The Kier molecular flexibility index (Phi) is 7.50. The fourth-order valence-electron chi connectivity index (χ4n) is 9.11. The highest BCUT2D eigenvalue weighted by atomic mass is 16.3. The molecule has 4 heteroatoms. The Morgan fingerprint density at radius 3 is 1.73 bits per heavy atom. The normalized spacial score (nSPS) is 11.7. The lowest BCUT2D eigenvalue weighted by molar-refractivity contribution is 0.623. The first-order chi connectivity index (χ1) is 29.3. The number of oxazole rings is 1. The number of benzene rings is 10. The Labute approximate surface area is 340 Å². The number of hydrogen-bond donors (Lipinski definition) is 0. The van der Waals surface area contributed by atoms with Gasteiger partial charge < -0.3 is 13.9 Å². The number of hydrogen-bond acceptors (Lipinski definition) is 3. The predicted molar refractivity (Wildman–Crippen MR) is 246 cm³/mol. The lowest BCUT2D eigenvalue weighted by atomic mass is 9.94. The number of rotatable bonds is 6. The molecule has 0 bridgehead atoms. The van der Waals surface area contributed by atoms with Crippen LogP contribution in [0.15, 0.2) is 217 Å². The lowest BCUT2D eigenvalue weighted by Crippen LogP contribution is -2.11. The van der Waals surface area contributed by atoms with Crippen molar-refractivity contribution >= 4 is 82.3 Å². The van der Waals surface area contributed by atoms with Crippen LogP contribution in [0.4, 0.5) is 17.1 Å². The molecule has 12 aromatic rings. The van der Waals surface area contributed by atoms with E-state index in [1.807, 2.05) is 30.3 Å². The number of aromatic nitrogens is 2. The van der Waals surface area contributed by atoms with Gasteiger partial charge in [0.05, 0.1) is 16.7 Å². The van der Waals surface area contributed by atoms with Crippen molar-refractivity contribution in [3.8, 4) is 28.3 Å². The molecule has 59 heavy (non-hydrogen) atoms. The molecule has 2 aromatic heterocycles. The molecule has 4 nitrogen and oxygen atoms in total. The summed E-state index contributed by atoms with van der Waals surface area (Å²) in [5.41, 5.74) is 11.6. The monoisotopic (exact) mass is 753 g/mol. The molecular formula is C55H35N3O. The lowest BCUT2D eigenvalue weighted by Gasteiger charge is -2.28. The molecule has 0 aliphatic rings. The van der Waals surface area contributed by atoms with Gasteiger partial charge in [-0.05, 0) is 94.0 Å². The van der Waals surface area contributed by atoms with Gasteiger partial charge in [0.25, 0.3) is 0 Å². The molecule has 0 unspecified atom stereocenters. The second-order valence-corrected chi connectivity index (χ2v) is 15.1. The van der Waals surface area contributed by atoms with E-state index in [-0.39, 0.29) is 0 Å². The summed E-state index contributed by atoms with van der Waals surface area (Å²) in [6, 6.07) is 75.9. The van der Waals surface area contributed by atoms with Crippen molar-refractivity contribution in [1.29, 1.82) is 0 Å². The summed E-state index contributed by atoms with van der Waals surface area (Å²) in [6.45, 7) is 0. The van der Waals surface area contributed by atoms with Crippen molar-refractivity contribution in [3.63, 3.8) is 0 Å². The van der Waals surface area contributed by atoms with Crippen LogP contribution in [0.1, 0.15) is 0 Å². The average Bonchev–Trinajstić information content (AvgIpc) is 3.90. The number of fused-ring (bicyclic) bond motifs is 10. The van der Waals surface area contributed by atoms with Crippen molar-refractivity contribution in [3.05, 3.63) is 212 Å². The Hall–Kier alpha value is -7.95. The first kappa shape index (κ1) is 33.2. The fourth-order valence-corrected chi connectivity index (χ4v) is 9.11. The molecule has 0 fully saturated rings. The molecule has 0 saturated heterocycles. The van der Waals surface area contributed by atoms with E-state index in [1.54, 1.807) is 0 Å². The van der Waals surface area contributed by atoms with Gasteiger partial charge in [-0.25, -0.2) is 4.98 Å². The summed E-state index contributed by atoms with van der Waals surface area (Å²) < 4.78 is 9.07. The van der Waals surface area contributed by atoms with Crippen LogP contribution in [-0.2, 0) is 0 Å². The minimum Gasteiger partial charge on any atom is -0.435 e. The molecule has 0 spiro atoms. The number of para-hydroxylation sites is 2. The Morgan fingerprint density at radius 2 is 0.983 bits per heavy atom. The summed E-state index contributed by atoms with van der Waals surface area (Å²) in [7, 11) is 0. The smallest absolute Gasteiger partial charge is 0.227 e. The zero-order valence-electron chi connectivity index (χ0n) is 32.0. The van der Waals surface area contributed by atoms with Crippen molar-refractivity contribution in [2.24, 2.45) is 0 Å². The quantitative estimate of drug-likeness (QED) is 0.159. The van der Waals surface area contributed by atoms with Gasteiger partial charge in [-0.15, -0.1) is 0 Å². The van der Waals surface area contributed by atoms with Crippen LogP contribution in [0.2, 0.25) is 0 Å². The maximum Gasteiger partial charge on any atom is 0.227 e. The molecule has 12 rings (SSSR count). The van der Waals surface area contributed by atoms with Crippen molar-refractivity contribution in [2.45, 2.75) is 0 Å². The van der Waals surface area contributed by atoms with Gasteiger partial charge in [0.1, 0.15) is 5.52 Å². The maximum atomic E-state index is 6.68. The van der Waals surface area contributed by atoms with Crippen molar-refractivity contribution in [1.82, 2.24) is 9.55 Å². The van der Waals surface area contributed by atoms with Crippen LogP contribution >= 0.6 is 0 Å². The third-order valence-corrected chi connectivity index (χ3v) is 11.7. The summed E-state index contributed by atoms with van der Waals surface area (Å²) in [6.07, 6.45) is 0. The molecular weight excluding hydrogens is 719 g/mol. The van der Waals surface area contributed by atoms with E-state index < -0.39 is 0 Å². The first-order valence-electron chi connectivity index (χ1n) is 20.0. The van der Waals surface area contributed by atoms with E-state index in [0.717, 1.165) is 77.3 Å². The molecule has 0 amide bonds. The molecule has 10 aromatic carbocycles. The minimum atomic E-state index is 0.624. The number of nitrogens with zero attached hydrogens (tertiary/aromatic N) is 3. The average molecular weight is 754 g/mol. The van der Waals surface area contributed by atoms with Crippen LogP contribution < -0.4 is 4.90 Å². The standard InChI is InChI=1S/C55H35N3O/c1-3-15-36(16-4-1)39-19-13-20-41(33-39)57(42-21-14-22-43(35-42)58-49-27-11-9-23-44(49)45-24-10-12-28-50(45)58)51-34-40-30-29-37-31-32-48-54(59-55(56-48)38-17-5-2-6-18-38)53(37)52(40)47-26-8-7-25-46(47)51/h1-35H. The third kappa shape index (κ3) is 5.34. The molecule has 0 radical (unpaired) electrons. The summed E-state index contributed by atoms with van der Waals surface area (Å²) in [5.74, 6) is 0.624. The SMILES string of the molecule is c1ccc(-c2cccc(N(c3cccc(-n4c5ccccc5c5ccccc54)c3)c3cc4ccc5ccc6nc(-c7ccccc7)oc6c5c4c4ccccc34)c2)cc1. The highest BCUT2D eigenvalue weighted by molar-refractivity contribution is 6.28. The van der Waals surface area contributed by atoms with Crippen molar-refractivity contribution < 1.29 is 4.42 Å². The van der Waals surface area contributed by atoms with E-state index in [0.29, 0.717) is 5.89 Å². The zero-order chi connectivity index (χ0) is 38.9. The van der Waals surface area contributed by atoms with Gasteiger partial charge in [0, 0.05) is 49.6 Å². The highest BCUT2D eigenvalue weighted by Gasteiger charge is 2.22. The Bertz CT molecular complexity index is 3510. The Balaban J connectivity index is 1.13. The van der Waals surface area contributed by atoms with Gasteiger partial charge in [0.2, 0.25) is 5.89 Å². The van der Waals surface area contributed by atoms with E-state index in [1.165, 1.54) is 27.4 Å².